The van der Waals surface area contributed by atoms with Crippen molar-refractivity contribution in [3.8, 4) is 0 Å². The molecule has 3 atom stereocenters. The Morgan fingerprint density at radius 2 is 2.23 bits per heavy atom. The number of hydrogen-bond donors (Lipinski definition) is 1. The van der Waals surface area contributed by atoms with Crippen molar-refractivity contribution >= 4 is 28.5 Å². The van der Waals surface area contributed by atoms with Gasteiger partial charge in [-0.3, -0.25) is 4.79 Å². The largest absolute Gasteiger partial charge is 0.353 e. The molecule has 76 valence electrons. The Morgan fingerprint density at radius 3 is 2.77 bits per heavy atom. The molecule has 0 aromatic rings. The van der Waals surface area contributed by atoms with Crippen molar-refractivity contribution in [3.63, 3.8) is 0 Å². The second-order valence-corrected chi connectivity index (χ2v) is 5.65. The lowest BCUT2D eigenvalue weighted by Gasteiger charge is -2.33. The maximum atomic E-state index is 10.9. The summed E-state index contributed by atoms with van der Waals surface area (Å²) in [7, 11) is 0. The number of carbonyl (C=O) groups excluding carboxylic acids is 1. The number of amides is 1. The second kappa shape index (κ2) is 5.17. The minimum atomic E-state index is 0.121. The van der Waals surface area contributed by atoms with Gasteiger partial charge in [-0.15, -0.1) is 0 Å². The van der Waals surface area contributed by atoms with E-state index >= 15 is 0 Å². The van der Waals surface area contributed by atoms with Crippen LogP contribution >= 0.6 is 22.6 Å². The van der Waals surface area contributed by atoms with Gasteiger partial charge in [0, 0.05) is 16.9 Å². The van der Waals surface area contributed by atoms with Crippen molar-refractivity contribution in [2.75, 3.05) is 0 Å². The Bertz CT molecular complexity index is 184. The predicted octanol–water partition coefficient (Wildman–Crippen LogP) is 2.50. The van der Waals surface area contributed by atoms with Crippen LogP contribution in [0, 0.1) is 5.92 Å². The zero-order chi connectivity index (χ0) is 9.84. The third-order valence-corrected chi connectivity index (χ3v) is 3.96. The van der Waals surface area contributed by atoms with Gasteiger partial charge in [0.25, 0.3) is 0 Å². The van der Waals surface area contributed by atoms with Gasteiger partial charge in [0.15, 0.2) is 0 Å². The van der Waals surface area contributed by atoms with Gasteiger partial charge in [-0.05, 0) is 25.2 Å². The molecule has 0 spiro atoms. The highest BCUT2D eigenvalue weighted by Crippen LogP contribution is 2.31. The van der Waals surface area contributed by atoms with Crippen LogP contribution in [-0.4, -0.2) is 15.9 Å². The van der Waals surface area contributed by atoms with Crippen molar-refractivity contribution in [2.24, 2.45) is 5.92 Å². The highest BCUT2D eigenvalue weighted by molar-refractivity contribution is 14.1. The molecule has 0 saturated heterocycles. The molecule has 1 fully saturated rings. The van der Waals surface area contributed by atoms with Gasteiger partial charge >= 0.3 is 0 Å². The first-order valence-electron chi connectivity index (χ1n) is 5.04. The molecule has 3 unspecified atom stereocenters. The van der Waals surface area contributed by atoms with Crippen LogP contribution in [0.2, 0.25) is 0 Å². The van der Waals surface area contributed by atoms with Crippen molar-refractivity contribution in [3.05, 3.63) is 0 Å². The van der Waals surface area contributed by atoms with E-state index in [1.807, 2.05) is 0 Å². The number of carbonyl (C=O) groups is 1. The lowest BCUT2D eigenvalue weighted by atomic mass is 9.83. The number of rotatable bonds is 2. The fourth-order valence-corrected chi connectivity index (χ4v) is 3.12. The van der Waals surface area contributed by atoms with Crippen LogP contribution < -0.4 is 5.32 Å². The molecular formula is C10H18INO. The molecule has 2 nitrogen and oxygen atoms in total. The molecule has 1 saturated carbocycles. The van der Waals surface area contributed by atoms with E-state index < -0.39 is 0 Å². The Labute approximate surface area is 94.0 Å². The molecule has 0 aliphatic heterocycles. The van der Waals surface area contributed by atoms with Gasteiger partial charge in [-0.25, -0.2) is 0 Å². The van der Waals surface area contributed by atoms with Gasteiger partial charge in [-0.2, -0.15) is 0 Å². The topological polar surface area (TPSA) is 29.1 Å². The standard InChI is InChI=1S/C10H18INO/c1-3-8-6-9(11)4-5-10(8)12-7(2)13/h8-10H,3-6H2,1-2H3,(H,12,13). The summed E-state index contributed by atoms with van der Waals surface area (Å²) >= 11 is 2.53. The predicted molar refractivity (Wildman–Crippen MR) is 63.0 cm³/mol. The Morgan fingerprint density at radius 1 is 1.54 bits per heavy atom. The summed E-state index contributed by atoms with van der Waals surface area (Å²) in [4.78, 5) is 10.9. The normalized spacial score (nSPS) is 34.2. The molecule has 0 bridgehead atoms. The summed E-state index contributed by atoms with van der Waals surface area (Å²) in [6, 6.07) is 0.438. The maximum absolute atomic E-state index is 10.9. The smallest absolute Gasteiger partial charge is 0.217 e. The fourth-order valence-electron chi connectivity index (χ4n) is 2.11. The van der Waals surface area contributed by atoms with Gasteiger partial charge < -0.3 is 5.32 Å². The van der Waals surface area contributed by atoms with Crippen molar-refractivity contribution < 1.29 is 4.79 Å². The molecular weight excluding hydrogens is 277 g/mol. The lowest BCUT2D eigenvalue weighted by molar-refractivity contribution is -0.120. The summed E-state index contributed by atoms with van der Waals surface area (Å²) < 4.78 is 0.813. The lowest BCUT2D eigenvalue weighted by Crippen LogP contribution is -2.42. The molecule has 0 aromatic carbocycles. The molecule has 0 aromatic heterocycles. The first-order valence-corrected chi connectivity index (χ1v) is 6.29. The van der Waals surface area contributed by atoms with Gasteiger partial charge in [0.05, 0.1) is 0 Å². The summed E-state index contributed by atoms with van der Waals surface area (Å²) in [5.74, 6) is 0.815. The molecule has 1 rings (SSSR count). The monoisotopic (exact) mass is 295 g/mol. The average Bonchev–Trinajstić information content (AvgIpc) is 2.07. The first-order chi connectivity index (χ1) is 6.13. The second-order valence-electron chi connectivity index (χ2n) is 3.89. The zero-order valence-corrected chi connectivity index (χ0v) is 10.5. The third kappa shape index (κ3) is 3.44. The average molecular weight is 295 g/mol. The van der Waals surface area contributed by atoms with E-state index in [0.717, 1.165) is 10.3 Å². The molecule has 0 radical (unpaired) electrons. The summed E-state index contributed by atoms with van der Waals surface area (Å²) in [5.41, 5.74) is 0. The number of nitrogens with one attached hydrogen (secondary N) is 1. The van der Waals surface area contributed by atoms with Crippen molar-refractivity contribution in [1.82, 2.24) is 5.32 Å². The Balaban J connectivity index is 2.47. The zero-order valence-electron chi connectivity index (χ0n) is 8.35. The SMILES string of the molecule is CCC1CC(I)CCC1NC(C)=O. The number of halogens is 1. The van der Waals surface area contributed by atoms with Crippen LogP contribution in [0.25, 0.3) is 0 Å². The highest BCUT2D eigenvalue weighted by atomic mass is 127. The van der Waals surface area contributed by atoms with Crippen LogP contribution in [0.15, 0.2) is 0 Å². The summed E-state index contributed by atoms with van der Waals surface area (Å²) in [6.07, 6.45) is 4.86. The highest BCUT2D eigenvalue weighted by Gasteiger charge is 2.28. The van der Waals surface area contributed by atoms with Crippen LogP contribution in [-0.2, 0) is 4.79 Å². The number of alkyl halides is 1. The van der Waals surface area contributed by atoms with E-state index in [1.54, 1.807) is 6.92 Å². The first kappa shape index (κ1) is 11.3. The quantitative estimate of drug-likeness (QED) is 0.615. The minimum Gasteiger partial charge on any atom is -0.353 e. The van der Waals surface area contributed by atoms with E-state index in [0.29, 0.717) is 12.0 Å². The Kier molecular flexibility index (Phi) is 4.49. The molecule has 3 heteroatoms. The van der Waals surface area contributed by atoms with E-state index in [9.17, 15) is 4.79 Å². The summed E-state index contributed by atoms with van der Waals surface area (Å²) in [5, 5.41) is 3.06. The van der Waals surface area contributed by atoms with E-state index in [2.05, 4.69) is 34.8 Å². The van der Waals surface area contributed by atoms with Gasteiger partial charge in [0.1, 0.15) is 0 Å². The van der Waals surface area contributed by atoms with Crippen LogP contribution in [0.5, 0.6) is 0 Å². The Hall–Kier alpha value is 0.200. The van der Waals surface area contributed by atoms with Gasteiger partial charge in [0.2, 0.25) is 5.91 Å². The van der Waals surface area contributed by atoms with E-state index in [1.165, 1.54) is 19.3 Å². The van der Waals surface area contributed by atoms with E-state index in [-0.39, 0.29) is 5.91 Å². The fraction of sp³-hybridized carbons (Fsp3) is 0.900. The van der Waals surface area contributed by atoms with Crippen molar-refractivity contribution in [1.29, 1.82) is 0 Å². The van der Waals surface area contributed by atoms with Crippen LogP contribution in [0.1, 0.15) is 39.5 Å². The molecule has 1 amide bonds. The van der Waals surface area contributed by atoms with E-state index in [4.69, 9.17) is 0 Å². The van der Waals surface area contributed by atoms with Crippen molar-refractivity contribution in [2.45, 2.75) is 49.5 Å². The third-order valence-electron chi connectivity index (χ3n) is 2.83. The molecule has 0 heterocycles. The summed E-state index contributed by atoms with van der Waals surface area (Å²) in [6.45, 7) is 3.83. The van der Waals surface area contributed by atoms with Crippen LogP contribution in [0.3, 0.4) is 0 Å². The minimum absolute atomic E-state index is 0.121. The van der Waals surface area contributed by atoms with Crippen LogP contribution in [0.4, 0.5) is 0 Å². The maximum Gasteiger partial charge on any atom is 0.217 e. The molecule has 13 heavy (non-hydrogen) atoms. The number of hydrogen-bond acceptors (Lipinski definition) is 1. The molecule has 1 aliphatic rings. The molecule has 1 aliphatic carbocycles. The van der Waals surface area contributed by atoms with Gasteiger partial charge in [-0.1, -0.05) is 35.9 Å². The molecule has 1 N–H and O–H groups in total.